The van der Waals surface area contributed by atoms with Gasteiger partial charge in [-0.25, -0.2) is 22.0 Å². The summed E-state index contributed by atoms with van der Waals surface area (Å²) in [5, 5.41) is 0. The molecular weight excluding hydrogens is 440 g/mol. The number of ether oxygens (including phenoxy) is 2. The van der Waals surface area contributed by atoms with Crippen molar-refractivity contribution in [1.29, 1.82) is 0 Å². The number of halogens is 2. The zero-order valence-electron chi connectivity index (χ0n) is 19.0. The Bertz CT molecular complexity index is 918. The van der Waals surface area contributed by atoms with Crippen molar-refractivity contribution in [3.05, 3.63) is 24.0 Å². The topological polar surface area (TPSA) is 72.9 Å². The Kier molecular flexibility index (Phi) is 7.37. The van der Waals surface area contributed by atoms with Crippen molar-refractivity contribution in [2.75, 3.05) is 32.6 Å². The summed E-state index contributed by atoms with van der Waals surface area (Å²) in [5.74, 6) is -0.00610. The van der Waals surface area contributed by atoms with E-state index in [2.05, 4.69) is 0 Å². The first-order valence-electron chi connectivity index (χ1n) is 11.1. The summed E-state index contributed by atoms with van der Waals surface area (Å²) in [6.45, 7) is 4.08. The van der Waals surface area contributed by atoms with Crippen LogP contribution in [0.25, 0.3) is 0 Å². The maximum atomic E-state index is 14.0. The Morgan fingerprint density at radius 1 is 1.25 bits per heavy atom. The first kappa shape index (κ1) is 24.7. The second-order valence-electron chi connectivity index (χ2n) is 9.88. The molecule has 1 heterocycles. The van der Waals surface area contributed by atoms with Gasteiger partial charge in [0.15, 0.2) is 21.4 Å². The highest BCUT2D eigenvalue weighted by molar-refractivity contribution is 7.90. The van der Waals surface area contributed by atoms with E-state index in [1.165, 1.54) is 12.1 Å². The van der Waals surface area contributed by atoms with E-state index in [0.29, 0.717) is 25.6 Å². The first-order chi connectivity index (χ1) is 14.9. The number of alkyl halides is 1. The standard InChI is InChI=1S/C23H33F2NO5S/c1-22(2,16-24)31-21(27)26-10-8-23(9-11-26)14-17(15-23)5-4-12-30-20-7-6-18(13-19(20)25)32(3,28)29/h6-7,13,17H,4-5,8-12,14-16H2,1-3H3. The molecule has 0 aromatic heterocycles. The number of hydrogen-bond acceptors (Lipinski definition) is 5. The number of benzene rings is 1. The van der Waals surface area contributed by atoms with Crippen LogP contribution in [0.1, 0.15) is 52.4 Å². The van der Waals surface area contributed by atoms with Crippen molar-refractivity contribution in [3.8, 4) is 5.75 Å². The van der Waals surface area contributed by atoms with Crippen molar-refractivity contribution in [2.24, 2.45) is 11.3 Å². The van der Waals surface area contributed by atoms with Crippen LogP contribution in [0.3, 0.4) is 0 Å². The number of likely N-dealkylation sites (tertiary alicyclic amines) is 1. The fraction of sp³-hybridized carbons (Fsp3) is 0.696. The molecule has 6 nitrogen and oxygen atoms in total. The SMILES string of the molecule is CC(C)(CF)OC(=O)N1CCC2(CC1)CC(CCCOc1ccc(S(C)(=O)=O)cc1F)C2. The van der Waals surface area contributed by atoms with Crippen LogP contribution in [0.5, 0.6) is 5.75 Å². The van der Waals surface area contributed by atoms with E-state index < -0.39 is 34.0 Å². The zero-order valence-corrected chi connectivity index (χ0v) is 19.8. The predicted molar refractivity (Wildman–Crippen MR) is 117 cm³/mol. The fourth-order valence-corrected chi connectivity index (χ4v) is 5.29. The van der Waals surface area contributed by atoms with Gasteiger partial charge < -0.3 is 14.4 Å². The van der Waals surface area contributed by atoms with Crippen LogP contribution in [0.4, 0.5) is 13.6 Å². The summed E-state index contributed by atoms with van der Waals surface area (Å²) >= 11 is 0. The Balaban J connectivity index is 1.35. The average molecular weight is 474 g/mol. The second-order valence-corrected chi connectivity index (χ2v) is 11.9. The molecule has 0 N–H and O–H groups in total. The quantitative estimate of drug-likeness (QED) is 0.509. The van der Waals surface area contributed by atoms with Crippen molar-refractivity contribution < 1.29 is 31.5 Å². The van der Waals surface area contributed by atoms with Crippen molar-refractivity contribution in [1.82, 2.24) is 4.90 Å². The van der Waals surface area contributed by atoms with Gasteiger partial charge in [0, 0.05) is 19.3 Å². The molecule has 1 saturated carbocycles. The largest absolute Gasteiger partial charge is 0.491 e. The maximum Gasteiger partial charge on any atom is 0.410 e. The molecule has 1 aliphatic heterocycles. The molecule has 9 heteroatoms. The highest BCUT2D eigenvalue weighted by Crippen LogP contribution is 2.54. The smallest absolute Gasteiger partial charge is 0.410 e. The Morgan fingerprint density at radius 2 is 1.91 bits per heavy atom. The third kappa shape index (κ3) is 6.11. The number of hydrogen-bond donors (Lipinski definition) is 0. The lowest BCUT2D eigenvalue weighted by molar-refractivity contribution is -0.0379. The minimum absolute atomic E-state index is 0.0625. The molecule has 0 bridgehead atoms. The molecule has 0 atom stereocenters. The molecule has 1 amide bonds. The van der Waals surface area contributed by atoms with Gasteiger partial charge >= 0.3 is 6.09 Å². The first-order valence-corrected chi connectivity index (χ1v) is 13.0. The minimum Gasteiger partial charge on any atom is -0.491 e. The van der Waals surface area contributed by atoms with Crippen molar-refractivity contribution >= 4 is 15.9 Å². The van der Waals surface area contributed by atoms with Crippen molar-refractivity contribution in [2.45, 2.75) is 62.9 Å². The van der Waals surface area contributed by atoms with Crippen LogP contribution in [-0.4, -0.2) is 57.6 Å². The molecule has 0 radical (unpaired) electrons. The van der Waals surface area contributed by atoms with Gasteiger partial charge in [0.2, 0.25) is 0 Å². The normalized spacial score (nSPS) is 19.0. The maximum absolute atomic E-state index is 14.0. The molecule has 1 saturated heterocycles. The number of sulfone groups is 1. The van der Waals surface area contributed by atoms with Gasteiger partial charge in [-0.3, -0.25) is 0 Å². The van der Waals surface area contributed by atoms with Gasteiger partial charge in [-0.2, -0.15) is 0 Å². The van der Waals surface area contributed by atoms with E-state index >= 15 is 0 Å². The number of carbonyl (C=O) groups is 1. The van der Waals surface area contributed by atoms with Crippen LogP contribution < -0.4 is 4.74 Å². The molecular formula is C23H33F2NO5S. The zero-order chi connectivity index (χ0) is 23.6. The fourth-order valence-electron chi connectivity index (χ4n) is 4.65. The van der Waals surface area contributed by atoms with Crippen LogP contribution in [0, 0.1) is 17.2 Å². The molecule has 1 aromatic carbocycles. The van der Waals surface area contributed by atoms with E-state index in [0.717, 1.165) is 50.8 Å². The summed E-state index contributed by atoms with van der Waals surface area (Å²) in [4.78, 5) is 13.8. The molecule has 2 fully saturated rings. The predicted octanol–water partition coefficient (Wildman–Crippen LogP) is 4.77. The van der Waals surface area contributed by atoms with E-state index in [4.69, 9.17) is 9.47 Å². The lowest BCUT2D eigenvalue weighted by Crippen LogP contribution is -2.50. The lowest BCUT2D eigenvalue weighted by Gasteiger charge is -2.52. The number of amides is 1. The third-order valence-corrected chi connectivity index (χ3v) is 7.67. The molecule has 2 aliphatic rings. The highest BCUT2D eigenvalue weighted by atomic mass is 32.2. The van der Waals surface area contributed by atoms with Gasteiger partial charge in [0.25, 0.3) is 0 Å². The van der Waals surface area contributed by atoms with Crippen LogP contribution >= 0.6 is 0 Å². The Hall–Kier alpha value is -1.90. The summed E-state index contributed by atoms with van der Waals surface area (Å²) in [5.41, 5.74) is -0.806. The highest BCUT2D eigenvalue weighted by Gasteiger charge is 2.46. The molecule has 180 valence electrons. The number of carbonyl (C=O) groups excluding carboxylic acids is 1. The monoisotopic (exact) mass is 473 g/mol. The minimum atomic E-state index is -3.45. The molecule has 1 aromatic rings. The number of piperidine rings is 1. The second kappa shape index (κ2) is 9.53. The van der Waals surface area contributed by atoms with E-state index in [9.17, 15) is 22.0 Å². The van der Waals surface area contributed by atoms with Crippen LogP contribution in [0.2, 0.25) is 0 Å². The van der Waals surface area contributed by atoms with Gasteiger partial charge in [-0.15, -0.1) is 0 Å². The van der Waals surface area contributed by atoms with Crippen LogP contribution in [-0.2, 0) is 14.6 Å². The van der Waals surface area contributed by atoms with E-state index in [1.54, 1.807) is 18.7 Å². The van der Waals surface area contributed by atoms with E-state index in [1.807, 2.05) is 0 Å². The Labute approximate surface area is 189 Å². The average Bonchev–Trinajstić information content (AvgIpc) is 2.70. The van der Waals surface area contributed by atoms with Gasteiger partial charge in [0.1, 0.15) is 12.3 Å². The summed E-state index contributed by atoms with van der Waals surface area (Å²) in [6.07, 6.45) is 6.48. The summed E-state index contributed by atoms with van der Waals surface area (Å²) in [6, 6.07) is 3.70. The van der Waals surface area contributed by atoms with E-state index in [-0.39, 0.29) is 16.1 Å². The molecule has 32 heavy (non-hydrogen) atoms. The summed E-state index contributed by atoms with van der Waals surface area (Å²) < 4.78 is 60.6. The number of nitrogens with zero attached hydrogens (tertiary/aromatic N) is 1. The molecule has 3 rings (SSSR count). The van der Waals surface area contributed by atoms with Gasteiger partial charge in [-0.05, 0) is 81.9 Å². The molecule has 0 unspecified atom stereocenters. The van der Waals surface area contributed by atoms with Gasteiger partial charge in [0.05, 0.1) is 11.5 Å². The third-order valence-electron chi connectivity index (χ3n) is 6.56. The number of rotatable bonds is 8. The lowest BCUT2D eigenvalue weighted by atomic mass is 9.56. The molecule has 1 spiro atoms. The summed E-state index contributed by atoms with van der Waals surface area (Å²) in [7, 11) is -3.45. The molecule has 1 aliphatic carbocycles. The van der Waals surface area contributed by atoms with Crippen LogP contribution in [0.15, 0.2) is 23.1 Å². The van der Waals surface area contributed by atoms with Gasteiger partial charge in [-0.1, -0.05) is 0 Å². The Morgan fingerprint density at radius 3 is 2.47 bits per heavy atom. The van der Waals surface area contributed by atoms with Crippen molar-refractivity contribution in [3.63, 3.8) is 0 Å².